The van der Waals surface area contributed by atoms with Gasteiger partial charge in [0.1, 0.15) is 5.03 Å². The van der Waals surface area contributed by atoms with Gasteiger partial charge in [0.15, 0.2) is 0 Å². The number of fused-ring (bicyclic) bond motifs is 1. The van der Waals surface area contributed by atoms with Crippen LogP contribution in [-0.2, 0) is 11.0 Å². The molecular formula is C19H15F3N4O2S. The first-order valence-electron chi connectivity index (χ1n) is 8.36. The zero-order valence-electron chi connectivity index (χ0n) is 15.0. The van der Waals surface area contributed by atoms with Gasteiger partial charge in [-0.05, 0) is 37.3 Å². The fourth-order valence-corrected chi connectivity index (χ4v) is 3.39. The molecule has 0 spiro atoms. The van der Waals surface area contributed by atoms with Crippen LogP contribution in [0.2, 0.25) is 0 Å². The lowest BCUT2D eigenvalue weighted by molar-refractivity contribution is -0.145. The second kappa shape index (κ2) is 8.08. The molecule has 0 bridgehead atoms. The molecule has 2 amide bonds. The molecule has 0 aliphatic carbocycles. The van der Waals surface area contributed by atoms with Crippen LogP contribution in [-0.4, -0.2) is 27.0 Å². The zero-order valence-corrected chi connectivity index (χ0v) is 15.8. The molecular weight excluding hydrogens is 405 g/mol. The molecule has 2 aromatic carbocycles. The van der Waals surface area contributed by atoms with Crippen molar-refractivity contribution in [2.45, 2.75) is 23.4 Å². The zero-order chi connectivity index (χ0) is 21.2. The van der Waals surface area contributed by atoms with Gasteiger partial charge in [-0.15, -0.1) is 0 Å². The number of anilines is 1. The maximum Gasteiger partial charge on any atom is 0.451 e. The number of aromatic nitrogens is 2. The Morgan fingerprint density at radius 3 is 2.34 bits per heavy atom. The van der Waals surface area contributed by atoms with Gasteiger partial charge in [0.2, 0.25) is 17.6 Å². The number of carbonyl (C=O) groups is 2. The van der Waals surface area contributed by atoms with Gasteiger partial charge in [-0.2, -0.15) is 13.2 Å². The van der Waals surface area contributed by atoms with Gasteiger partial charge in [0.05, 0.1) is 10.8 Å². The van der Waals surface area contributed by atoms with Gasteiger partial charge in [-0.25, -0.2) is 9.97 Å². The van der Waals surface area contributed by atoms with E-state index in [-0.39, 0.29) is 16.1 Å². The maximum absolute atomic E-state index is 13.1. The lowest BCUT2D eigenvalue weighted by Crippen LogP contribution is -2.23. The standard InChI is InChI=1S/C19H15F3N4O2S/c1-10(16(28)24-12-8-6-11(7-9-12)15(23)27)29-17-13-4-2-3-5-14(13)25-18(26-17)19(20,21)22/h2-10H,1H3,(H2,23,27)(H,24,28). The van der Waals surface area contributed by atoms with Crippen LogP contribution in [0.25, 0.3) is 10.9 Å². The molecule has 1 unspecified atom stereocenters. The monoisotopic (exact) mass is 420 g/mol. The smallest absolute Gasteiger partial charge is 0.366 e. The molecule has 3 rings (SSSR count). The van der Waals surface area contributed by atoms with Crippen LogP contribution in [0.3, 0.4) is 0 Å². The highest BCUT2D eigenvalue weighted by atomic mass is 32.2. The number of nitrogens with zero attached hydrogens (tertiary/aromatic N) is 2. The van der Waals surface area contributed by atoms with Crippen LogP contribution in [0.15, 0.2) is 53.6 Å². The highest BCUT2D eigenvalue weighted by Gasteiger charge is 2.35. The number of nitrogens with one attached hydrogen (secondary N) is 1. The van der Waals surface area contributed by atoms with Crippen LogP contribution in [0, 0.1) is 0 Å². The van der Waals surface area contributed by atoms with Gasteiger partial charge < -0.3 is 11.1 Å². The molecule has 0 aliphatic heterocycles. The third-order valence-corrected chi connectivity index (χ3v) is 5.02. The van der Waals surface area contributed by atoms with Crippen LogP contribution in [0.1, 0.15) is 23.1 Å². The molecule has 0 saturated heterocycles. The Morgan fingerprint density at radius 2 is 1.72 bits per heavy atom. The van der Waals surface area contributed by atoms with E-state index in [9.17, 15) is 22.8 Å². The number of rotatable bonds is 5. The first-order valence-corrected chi connectivity index (χ1v) is 9.24. The van der Waals surface area contributed by atoms with Crippen molar-refractivity contribution in [3.8, 4) is 0 Å². The molecule has 29 heavy (non-hydrogen) atoms. The molecule has 0 fully saturated rings. The summed E-state index contributed by atoms with van der Waals surface area (Å²) in [4.78, 5) is 30.7. The van der Waals surface area contributed by atoms with E-state index in [4.69, 9.17) is 5.73 Å². The number of benzene rings is 2. The molecule has 0 aliphatic rings. The molecule has 3 aromatic rings. The van der Waals surface area contributed by atoms with Crippen molar-refractivity contribution < 1.29 is 22.8 Å². The van der Waals surface area contributed by atoms with E-state index >= 15 is 0 Å². The number of halogens is 3. The van der Waals surface area contributed by atoms with Crippen LogP contribution in [0.4, 0.5) is 18.9 Å². The van der Waals surface area contributed by atoms with Crippen molar-refractivity contribution >= 4 is 40.2 Å². The first-order chi connectivity index (χ1) is 13.6. The number of alkyl halides is 3. The average molecular weight is 420 g/mol. The quantitative estimate of drug-likeness (QED) is 0.482. The summed E-state index contributed by atoms with van der Waals surface area (Å²) in [6.07, 6.45) is -4.70. The molecule has 1 atom stereocenters. The first kappa shape index (κ1) is 20.6. The lowest BCUT2D eigenvalue weighted by atomic mass is 10.2. The molecule has 0 radical (unpaired) electrons. The van der Waals surface area contributed by atoms with E-state index in [2.05, 4.69) is 15.3 Å². The number of primary amides is 1. The fraction of sp³-hybridized carbons (Fsp3) is 0.158. The Labute approximate surface area is 167 Å². The summed E-state index contributed by atoms with van der Waals surface area (Å²) in [7, 11) is 0. The Morgan fingerprint density at radius 1 is 1.07 bits per heavy atom. The molecule has 3 N–H and O–H groups in total. The van der Waals surface area contributed by atoms with E-state index in [0.29, 0.717) is 11.1 Å². The van der Waals surface area contributed by atoms with Crippen LogP contribution >= 0.6 is 11.8 Å². The minimum Gasteiger partial charge on any atom is -0.366 e. The second-order valence-corrected chi connectivity index (χ2v) is 7.39. The summed E-state index contributed by atoms with van der Waals surface area (Å²) in [5.74, 6) is -2.28. The molecule has 1 aromatic heterocycles. The van der Waals surface area contributed by atoms with Crippen molar-refractivity contribution in [2.75, 3.05) is 5.32 Å². The van der Waals surface area contributed by atoms with Crippen molar-refractivity contribution in [2.24, 2.45) is 5.73 Å². The molecule has 10 heteroatoms. The van der Waals surface area contributed by atoms with Crippen molar-refractivity contribution in [1.82, 2.24) is 9.97 Å². The number of para-hydroxylation sites is 1. The summed E-state index contributed by atoms with van der Waals surface area (Å²) < 4.78 is 39.4. The highest BCUT2D eigenvalue weighted by Crippen LogP contribution is 2.33. The predicted molar refractivity (Wildman–Crippen MR) is 103 cm³/mol. The minimum atomic E-state index is -4.70. The Kier molecular flexibility index (Phi) is 5.73. The SMILES string of the molecule is CC(Sc1nc(C(F)(F)F)nc2ccccc12)C(=O)Nc1ccc(C(N)=O)cc1. The topological polar surface area (TPSA) is 98.0 Å². The van der Waals surface area contributed by atoms with Crippen LogP contribution in [0.5, 0.6) is 0 Å². The number of amides is 2. The number of carbonyl (C=O) groups excluding carboxylic acids is 2. The van der Waals surface area contributed by atoms with E-state index in [0.717, 1.165) is 11.8 Å². The van der Waals surface area contributed by atoms with Gasteiger partial charge in [0, 0.05) is 16.6 Å². The summed E-state index contributed by atoms with van der Waals surface area (Å²) in [6, 6.07) is 12.2. The Balaban J connectivity index is 1.82. The molecule has 1 heterocycles. The normalized spacial score (nSPS) is 12.6. The van der Waals surface area contributed by atoms with Crippen molar-refractivity contribution in [1.29, 1.82) is 0 Å². The Hall–Kier alpha value is -3.14. The largest absolute Gasteiger partial charge is 0.451 e. The average Bonchev–Trinajstić information content (AvgIpc) is 2.67. The van der Waals surface area contributed by atoms with E-state index in [1.54, 1.807) is 25.1 Å². The van der Waals surface area contributed by atoms with Crippen molar-refractivity contribution in [3.63, 3.8) is 0 Å². The van der Waals surface area contributed by atoms with Gasteiger partial charge >= 0.3 is 6.18 Å². The molecule has 150 valence electrons. The molecule has 0 saturated carbocycles. The predicted octanol–water partition coefficient (Wildman–Crippen LogP) is 3.87. The van der Waals surface area contributed by atoms with Crippen LogP contribution < -0.4 is 11.1 Å². The van der Waals surface area contributed by atoms with Gasteiger partial charge in [-0.3, -0.25) is 9.59 Å². The minimum absolute atomic E-state index is 0.0645. The summed E-state index contributed by atoms with van der Waals surface area (Å²) in [5.41, 5.74) is 6.03. The maximum atomic E-state index is 13.1. The summed E-state index contributed by atoms with van der Waals surface area (Å²) >= 11 is 0.901. The second-order valence-electron chi connectivity index (χ2n) is 6.06. The van der Waals surface area contributed by atoms with Gasteiger partial charge in [0.25, 0.3) is 0 Å². The lowest BCUT2D eigenvalue weighted by Gasteiger charge is -2.14. The number of hydrogen-bond donors (Lipinski definition) is 2. The number of hydrogen-bond acceptors (Lipinski definition) is 5. The summed E-state index contributed by atoms with van der Waals surface area (Å²) in [5, 5.41) is 2.39. The third kappa shape index (κ3) is 4.83. The van der Waals surface area contributed by atoms with E-state index in [1.165, 1.54) is 30.3 Å². The van der Waals surface area contributed by atoms with Crippen molar-refractivity contribution in [3.05, 3.63) is 59.9 Å². The fourth-order valence-electron chi connectivity index (χ4n) is 2.45. The van der Waals surface area contributed by atoms with E-state index < -0.39 is 29.1 Å². The summed E-state index contributed by atoms with van der Waals surface area (Å²) in [6.45, 7) is 1.56. The molecule has 6 nitrogen and oxygen atoms in total. The third-order valence-electron chi connectivity index (χ3n) is 3.92. The Bertz CT molecular complexity index is 1070. The number of thioether (sulfide) groups is 1. The highest BCUT2D eigenvalue weighted by molar-refractivity contribution is 8.00. The number of nitrogens with two attached hydrogens (primary N) is 1. The van der Waals surface area contributed by atoms with Gasteiger partial charge in [-0.1, -0.05) is 30.0 Å². The van der Waals surface area contributed by atoms with E-state index in [1.807, 2.05) is 0 Å².